The summed E-state index contributed by atoms with van der Waals surface area (Å²) in [5.41, 5.74) is -0.656. The molecule has 3 rings (SSSR count). The number of carbonyl (C=O) groups excluding carboxylic acids is 5. The van der Waals surface area contributed by atoms with Crippen molar-refractivity contribution in [2.45, 2.75) is 72.5 Å². The molecule has 0 unspecified atom stereocenters. The van der Waals surface area contributed by atoms with Crippen LogP contribution in [0.15, 0.2) is 12.7 Å². The van der Waals surface area contributed by atoms with Crippen molar-refractivity contribution >= 4 is 29.4 Å². The maximum atomic E-state index is 13.6. The minimum atomic E-state index is -0.884. The Morgan fingerprint density at radius 2 is 1.88 bits per heavy atom. The number of hydrogen-bond acceptors (Lipinski definition) is 5. The molecule has 0 spiro atoms. The minimum Gasteiger partial charge on any atom is -0.356 e. The molecule has 1 aliphatic carbocycles. The summed E-state index contributed by atoms with van der Waals surface area (Å²) in [5.74, 6) is -1.73. The van der Waals surface area contributed by atoms with Gasteiger partial charge in [-0.25, -0.2) is 0 Å². The van der Waals surface area contributed by atoms with Crippen molar-refractivity contribution in [3.05, 3.63) is 12.7 Å². The van der Waals surface area contributed by atoms with Gasteiger partial charge >= 0.3 is 0 Å². The molecular weight excluding hydrogens is 436 g/mol. The molecule has 3 aliphatic rings. The van der Waals surface area contributed by atoms with E-state index in [-0.39, 0.29) is 53.1 Å². The maximum absolute atomic E-state index is 13.6. The smallest absolute Gasteiger partial charge is 0.246 e. The lowest BCUT2D eigenvalue weighted by Crippen LogP contribution is -2.60. The fraction of sp³-hybridized carbons (Fsp3) is 0.720. The van der Waals surface area contributed by atoms with E-state index in [0.29, 0.717) is 19.5 Å². The number of fused-ring (bicyclic) bond motifs is 1. The fourth-order valence-corrected chi connectivity index (χ4v) is 5.63. The van der Waals surface area contributed by atoms with Crippen molar-refractivity contribution in [2.24, 2.45) is 28.6 Å². The van der Waals surface area contributed by atoms with E-state index in [1.54, 1.807) is 4.90 Å². The SMILES string of the molecule is C=CC(=O)[C@H](C[C@@H]1CCNC1=O)NC(=O)[C@@H]1[C@@H]2[C@H](CN1C(=O)[C@@H](NC(C)=O)C(C)(C)C)C2(C)C. The Balaban J connectivity index is 1.84. The second kappa shape index (κ2) is 9.15. The number of likely N-dealkylation sites (tertiary alicyclic amines) is 1. The largest absolute Gasteiger partial charge is 0.356 e. The van der Waals surface area contributed by atoms with Gasteiger partial charge in [0.25, 0.3) is 0 Å². The monoisotopic (exact) mass is 474 g/mol. The number of piperidine rings is 1. The number of nitrogens with one attached hydrogen (secondary N) is 3. The van der Waals surface area contributed by atoms with Crippen molar-refractivity contribution in [1.82, 2.24) is 20.9 Å². The highest BCUT2D eigenvalue weighted by Crippen LogP contribution is 2.65. The first kappa shape index (κ1) is 25.9. The highest BCUT2D eigenvalue weighted by atomic mass is 16.2. The van der Waals surface area contributed by atoms with Crippen LogP contribution in [-0.2, 0) is 24.0 Å². The van der Waals surface area contributed by atoms with Gasteiger partial charge in [0.05, 0.1) is 6.04 Å². The summed E-state index contributed by atoms with van der Waals surface area (Å²) in [5, 5.41) is 8.34. The predicted molar refractivity (Wildman–Crippen MR) is 126 cm³/mol. The molecule has 0 radical (unpaired) electrons. The van der Waals surface area contributed by atoms with Gasteiger partial charge in [-0.1, -0.05) is 41.2 Å². The molecule has 6 atom stereocenters. The Hall–Kier alpha value is -2.71. The Bertz CT molecular complexity index is 905. The highest BCUT2D eigenvalue weighted by Gasteiger charge is 2.69. The number of rotatable bonds is 8. The van der Waals surface area contributed by atoms with Crippen molar-refractivity contribution in [1.29, 1.82) is 0 Å². The van der Waals surface area contributed by atoms with Crippen LogP contribution in [-0.4, -0.2) is 65.5 Å². The van der Waals surface area contributed by atoms with Crippen LogP contribution >= 0.6 is 0 Å². The molecule has 2 aliphatic heterocycles. The molecular formula is C25H38N4O5. The Kier molecular flexibility index (Phi) is 6.97. The molecule has 0 aromatic rings. The van der Waals surface area contributed by atoms with Crippen LogP contribution in [0, 0.1) is 28.6 Å². The van der Waals surface area contributed by atoms with Crippen LogP contribution in [0.4, 0.5) is 0 Å². The van der Waals surface area contributed by atoms with Crippen molar-refractivity contribution in [3.63, 3.8) is 0 Å². The van der Waals surface area contributed by atoms with E-state index >= 15 is 0 Å². The molecule has 3 N–H and O–H groups in total. The molecule has 9 nitrogen and oxygen atoms in total. The Labute approximate surface area is 201 Å². The number of hydrogen-bond donors (Lipinski definition) is 3. The minimum absolute atomic E-state index is 0.0383. The Morgan fingerprint density at radius 3 is 2.38 bits per heavy atom. The molecule has 188 valence electrons. The van der Waals surface area contributed by atoms with E-state index < -0.39 is 29.4 Å². The highest BCUT2D eigenvalue weighted by molar-refractivity contribution is 5.99. The fourth-order valence-electron chi connectivity index (χ4n) is 5.63. The molecule has 3 fully saturated rings. The van der Waals surface area contributed by atoms with Gasteiger partial charge in [-0.2, -0.15) is 0 Å². The maximum Gasteiger partial charge on any atom is 0.246 e. The summed E-state index contributed by atoms with van der Waals surface area (Å²) >= 11 is 0. The van der Waals surface area contributed by atoms with E-state index in [0.717, 1.165) is 6.08 Å². The second-order valence-electron chi connectivity index (χ2n) is 11.6. The summed E-state index contributed by atoms with van der Waals surface area (Å²) in [6.45, 7) is 15.6. The topological polar surface area (TPSA) is 125 Å². The lowest BCUT2D eigenvalue weighted by Gasteiger charge is -2.37. The summed E-state index contributed by atoms with van der Waals surface area (Å²) in [7, 11) is 0. The summed E-state index contributed by atoms with van der Waals surface area (Å²) in [4.78, 5) is 65.2. The average molecular weight is 475 g/mol. The lowest BCUT2D eigenvalue weighted by atomic mass is 9.85. The lowest BCUT2D eigenvalue weighted by molar-refractivity contribution is -0.145. The van der Waals surface area contributed by atoms with E-state index in [2.05, 4.69) is 36.4 Å². The molecule has 1 saturated carbocycles. The van der Waals surface area contributed by atoms with Gasteiger partial charge in [-0.15, -0.1) is 0 Å². The molecule has 34 heavy (non-hydrogen) atoms. The first-order valence-corrected chi connectivity index (χ1v) is 12.0. The third-order valence-electron chi connectivity index (χ3n) is 7.76. The van der Waals surface area contributed by atoms with Gasteiger partial charge in [0, 0.05) is 25.9 Å². The van der Waals surface area contributed by atoms with Crippen LogP contribution in [0.1, 0.15) is 54.4 Å². The molecule has 4 amide bonds. The first-order chi connectivity index (χ1) is 15.7. The molecule has 2 saturated heterocycles. The first-order valence-electron chi connectivity index (χ1n) is 12.0. The number of carbonyl (C=O) groups is 5. The average Bonchev–Trinajstić information content (AvgIpc) is 3.10. The quantitative estimate of drug-likeness (QED) is 0.449. The number of ketones is 1. The standard InChI is InChI=1S/C25H38N4O5/c1-8-17(31)16(11-14-9-10-26-21(14)32)28-22(33)19-18-15(25(18,6)7)12-29(19)23(34)20(24(3,4)5)27-13(2)30/h8,14-16,18-20H,1,9-12H2,2-7H3,(H,26,32)(H,27,30)(H,28,33)/t14-,15-,16-,18-,19-,20+/m0/s1. The normalized spacial score (nSPS) is 28.9. The summed E-state index contributed by atoms with van der Waals surface area (Å²) < 4.78 is 0. The van der Waals surface area contributed by atoms with Gasteiger partial charge < -0.3 is 20.9 Å². The zero-order chi connectivity index (χ0) is 25.6. The van der Waals surface area contributed by atoms with E-state index in [4.69, 9.17) is 0 Å². The number of nitrogens with zero attached hydrogens (tertiary/aromatic N) is 1. The van der Waals surface area contributed by atoms with Gasteiger partial charge in [0.2, 0.25) is 23.6 Å². The van der Waals surface area contributed by atoms with Gasteiger partial charge in [-0.05, 0) is 41.6 Å². The van der Waals surface area contributed by atoms with Gasteiger partial charge in [-0.3, -0.25) is 24.0 Å². The van der Waals surface area contributed by atoms with E-state index in [1.165, 1.54) is 6.92 Å². The third-order valence-corrected chi connectivity index (χ3v) is 7.76. The van der Waals surface area contributed by atoms with Crippen molar-refractivity contribution < 1.29 is 24.0 Å². The molecule has 0 aromatic heterocycles. The molecule has 2 heterocycles. The molecule has 0 bridgehead atoms. The zero-order valence-electron chi connectivity index (χ0n) is 21.1. The Morgan fingerprint density at radius 1 is 1.24 bits per heavy atom. The van der Waals surface area contributed by atoms with E-state index in [9.17, 15) is 24.0 Å². The molecule has 9 heteroatoms. The van der Waals surface area contributed by atoms with E-state index in [1.807, 2.05) is 20.8 Å². The van der Waals surface area contributed by atoms with Crippen LogP contribution in [0.2, 0.25) is 0 Å². The second-order valence-corrected chi connectivity index (χ2v) is 11.6. The van der Waals surface area contributed by atoms with Crippen molar-refractivity contribution in [2.75, 3.05) is 13.1 Å². The number of amides is 4. The third kappa shape index (κ3) is 4.88. The van der Waals surface area contributed by atoms with Crippen LogP contribution in [0.25, 0.3) is 0 Å². The van der Waals surface area contributed by atoms with Crippen molar-refractivity contribution in [3.8, 4) is 0 Å². The van der Waals surface area contributed by atoms with Crippen LogP contribution in [0.5, 0.6) is 0 Å². The predicted octanol–water partition coefficient (Wildman–Crippen LogP) is 0.786. The van der Waals surface area contributed by atoms with Crippen LogP contribution in [0.3, 0.4) is 0 Å². The van der Waals surface area contributed by atoms with Gasteiger partial charge in [0.1, 0.15) is 12.1 Å². The summed E-state index contributed by atoms with van der Waals surface area (Å²) in [6, 6.07) is -2.41. The van der Waals surface area contributed by atoms with Gasteiger partial charge in [0.15, 0.2) is 5.78 Å². The summed E-state index contributed by atoms with van der Waals surface area (Å²) in [6.07, 6.45) is 1.95. The zero-order valence-corrected chi connectivity index (χ0v) is 21.1. The molecule has 0 aromatic carbocycles. The van der Waals surface area contributed by atoms with Crippen LogP contribution < -0.4 is 16.0 Å².